The second kappa shape index (κ2) is 10.7. The Morgan fingerprint density at radius 1 is 1.15 bits per heavy atom. The number of fused-ring (bicyclic) bond motifs is 1. The maximum atomic E-state index is 13.2. The van der Waals surface area contributed by atoms with Crippen LogP contribution in [0.1, 0.15) is 50.1 Å². The minimum atomic E-state index is -4.39. The summed E-state index contributed by atoms with van der Waals surface area (Å²) in [5, 5.41) is 0.845. The molecule has 0 bridgehead atoms. The molecule has 12 heteroatoms. The molecule has 0 atom stereocenters. The third-order valence-corrected chi connectivity index (χ3v) is 8.88. The summed E-state index contributed by atoms with van der Waals surface area (Å²) in [4.78, 5) is 28.4. The number of thiazole rings is 1. The predicted molar refractivity (Wildman–Crippen MR) is 149 cm³/mol. The van der Waals surface area contributed by atoms with Crippen molar-refractivity contribution in [2.24, 2.45) is 0 Å². The van der Waals surface area contributed by atoms with Gasteiger partial charge in [0.05, 0.1) is 11.3 Å². The van der Waals surface area contributed by atoms with E-state index >= 15 is 0 Å². The highest BCUT2D eigenvalue weighted by Crippen LogP contribution is 2.43. The summed E-state index contributed by atoms with van der Waals surface area (Å²) in [6.07, 6.45) is 4.78. The molecule has 206 valence electrons. The minimum Gasteiger partial charge on any atom is -0.341 e. The highest BCUT2D eigenvalue weighted by Gasteiger charge is 2.31. The summed E-state index contributed by atoms with van der Waals surface area (Å²) in [5.74, 6) is 0.126. The van der Waals surface area contributed by atoms with Crippen LogP contribution in [0.4, 0.5) is 13.2 Å². The van der Waals surface area contributed by atoms with Crippen molar-refractivity contribution in [3.05, 3.63) is 57.8 Å². The van der Waals surface area contributed by atoms with Gasteiger partial charge in [0, 0.05) is 35.7 Å². The van der Waals surface area contributed by atoms with Crippen molar-refractivity contribution in [1.82, 2.24) is 24.4 Å². The van der Waals surface area contributed by atoms with E-state index in [9.17, 15) is 18.0 Å². The van der Waals surface area contributed by atoms with Crippen LogP contribution in [0.5, 0.6) is 0 Å². The molecule has 4 aromatic rings. The Balaban J connectivity index is 1.30. The van der Waals surface area contributed by atoms with E-state index in [1.807, 2.05) is 43.9 Å². The first-order chi connectivity index (χ1) is 18.4. The number of halogens is 4. The fourth-order valence-corrected chi connectivity index (χ4v) is 6.68. The number of carbonyl (C=O) groups is 1. The largest absolute Gasteiger partial charge is 0.446 e. The van der Waals surface area contributed by atoms with Crippen LogP contribution in [-0.4, -0.2) is 48.9 Å². The Bertz CT molecular complexity index is 1500. The molecule has 3 aromatic heterocycles. The second-order valence-electron chi connectivity index (χ2n) is 10.6. The molecule has 1 aliphatic rings. The number of rotatable bonds is 5. The van der Waals surface area contributed by atoms with Gasteiger partial charge in [-0.1, -0.05) is 32.4 Å². The lowest BCUT2D eigenvalue weighted by atomic mass is 9.86. The lowest BCUT2D eigenvalue weighted by molar-refractivity contribution is -0.132. The lowest BCUT2D eigenvalue weighted by Crippen LogP contribution is -2.39. The topological polar surface area (TPSA) is 63.9 Å². The first-order valence-corrected chi connectivity index (χ1v) is 14.5. The molecule has 1 aromatic carbocycles. The number of aromatic nitrogens is 4. The summed E-state index contributed by atoms with van der Waals surface area (Å²) in [6.45, 7) is 7.23. The molecule has 4 heterocycles. The molecule has 0 spiro atoms. The van der Waals surface area contributed by atoms with Crippen LogP contribution >= 0.6 is 34.7 Å². The van der Waals surface area contributed by atoms with Crippen molar-refractivity contribution in [2.75, 3.05) is 13.1 Å². The molecule has 5 rings (SSSR count). The SMILES string of the molecule is CC(C)(C)c1cc(SC(F)(F)F)cc(-c2nc(C3CCN(C(=O)Cn4cnc5cccnc54)CC3)sc2Cl)c1. The Morgan fingerprint density at radius 2 is 1.90 bits per heavy atom. The fourth-order valence-electron chi connectivity index (χ4n) is 4.67. The van der Waals surface area contributed by atoms with Gasteiger partial charge in [0.2, 0.25) is 5.91 Å². The maximum Gasteiger partial charge on any atom is 0.446 e. The van der Waals surface area contributed by atoms with Gasteiger partial charge in [-0.05, 0) is 65.9 Å². The number of piperidine rings is 1. The van der Waals surface area contributed by atoms with Crippen LogP contribution < -0.4 is 0 Å². The molecule has 0 aliphatic carbocycles. The summed E-state index contributed by atoms with van der Waals surface area (Å²) in [5.41, 5.74) is -1.45. The number of pyridine rings is 1. The number of benzene rings is 1. The quantitative estimate of drug-likeness (QED) is 0.224. The zero-order chi connectivity index (χ0) is 27.9. The molecule has 0 unspecified atom stereocenters. The Morgan fingerprint density at radius 3 is 2.59 bits per heavy atom. The number of hydrogen-bond donors (Lipinski definition) is 0. The van der Waals surface area contributed by atoms with Gasteiger partial charge in [0.15, 0.2) is 5.65 Å². The van der Waals surface area contributed by atoms with E-state index in [-0.39, 0.29) is 40.4 Å². The van der Waals surface area contributed by atoms with E-state index < -0.39 is 5.51 Å². The van der Waals surface area contributed by atoms with Gasteiger partial charge in [-0.15, -0.1) is 11.3 Å². The molecular weight excluding hydrogens is 567 g/mol. The van der Waals surface area contributed by atoms with Crippen LogP contribution in [0.25, 0.3) is 22.4 Å². The Labute approximate surface area is 237 Å². The van der Waals surface area contributed by atoms with Crippen LogP contribution in [0, 0.1) is 0 Å². The molecule has 6 nitrogen and oxygen atoms in total. The van der Waals surface area contributed by atoms with E-state index in [1.54, 1.807) is 23.2 Å². The number of nitrogens with zero attached hydrogens (tertiary/aromatic N) is 5. The Hall–Kier alpha value is -2.63. The minimum absolute atomic E-state index is 0.00459. The predicted octanol–water partition coefficient (Wildman–Crippen LogP) is 7.52. The van der Waals surface area contributed by atoms with Gasteiger partial charge in [-0.25, -0.2) is 15.0 Å². The smallest absolute Gasteiger partial charge is 0.341 e. The van der Waals surface area contributed by atoms with E-state index in [0.29, 0.717) is 34.3 Å². The number of alkyl halides is 3. The third-order valence-electron chi connectivity index (χ3n) is 6.76. The van der Waals surface area contributed by atoms with Crippen LogP contribution in [0.3, 0.4) is 0 Å². The molecule has 1 amide bonds. The number of amides is 1. The van der Waals surface area contributed by atoms with Crippen molar-refractivity contribution in [3.63, 3.8) is 0 Å². The third kappa shape index (κ3) is 6.41. The highest BCUT2D eigenvalue weighted by atomic mass is 35.5. The zero-order valence-electron chi connectivity index (χ0n) is 21.6. The van der Waals surface area contributed by atoms with Crippen molar-refractivity contribution >= 4 is 51.8 Å². The standard InChI is InChI=1S/C27H27ClF3N5OS2/c1-26(2,3)18-11-17(12-19(13-18)39-27(29,30)31)22-23(28)38-25(34-22)16-6-9-35(10-7-16)21(37)14-36-15-33-20-5-4-8-32-24(20)36/h4-5,8,11-13,15-16H,6-7,9-10,14H2,1-3H3. The van der Waals surface area contributed by atoms with Gasteiger partial charge in [0.25, 0.3) is 0 Å². The molecular formula is C27H27ClF3N5OS2. The molecule has 0 radical (unpaired) electrons. The van der Waals surface area contributed by atoms with Gasteiger partial charge in [-0.3, -0.25) is 4.79 Å². The fraction of sp³-hybridized carbons (Fsp3) is 0.407. The first-order valence-electron chi connectivity index (χ1n) is 12.5. The zero-order valence-corrected chi connectivity index (χ0v) is 24.0. The average Bonchev–Trinajstić information content (AvgIpc) is 3.46. The van der Waals surface area contributed by atoms with Crippen LogP contribution in [-0.2, 0) is 16.8 Å². The molecule has 39 heavy (non-hydrogen) atoms. The summed E-state index contributed by atoms with van der Waals surface area (Å²) >= 11 is 7.84. The molecule has 1 aliphatic heterocycles. The molecule has 1 fully saturated rings. The molecule has 1 saturated heterocycles. The van der Waals surface area contributed by atoms with Crippen LogP contribution in [0.2, 0.25) is 4.34 Å². The average molecular weight is 594 g/mol. The van der Waals surface area contributed by atoms with Crippen molar-refractivity contribution in [2.45, 2.75) is 61.9 Å². The number of carbonyl (C=O) groups excluding carboxylic acids is 1. The van der Waals surface area contributed by atoms with E-state index in [0.717, 1.165) is 28.9 Å². The lowest BCUT2D eigenvalue weighted by Gasteiger charge is -2.31. The summed E-state index contributed by atoms with van der Waals surface area (Å²) in [6, 6.07) is 8.63. The van der Waals surface area contributed by atoms with Gasteiger partial charge in [-0.2, -0.15) is 13.2 Å². The monoisotopic (exact) mass is 593 g/mol. The normalized spacial score (nSPS) is 15.3. The summed E-state index contributed by atoms with van der Waals surface area (Å²) < 4.78 is 41.8. The first kappa shape index (κ1) is 27.9. The van der Waals surface area contributed by atoms with Crippen molar-refractivity contribution < 1.29 is 18.0 Å². The van der Waals surface area contributed by atoms with Crippen LogP contribution in [0.15, 0.2) is 47.8 Å². The maximum absolute atomic E-state index is 13.2. The number of likely N-dealkylation sites (tertiary alicyclic amines) is 1. The molecule has 0 N–H and O–H groups in total. The highest BCUT2D eigenvalue weighted by molar-refractivity contribution is 8.00. The van der Waals surface area contributed by atoms with Gasteiger partial charge in [0.1, 0.15) is 22.1 Å². The Kier molecular flexibility index (Phi) is 7.69. The van der Waals surface area contributed by atoms with Gasteiger partial charge >= 0.3 is 5.51 Å². The number of imidazole rings is 1. The van der Waals surface area contributed by atoms with E-state index in [1.165, 1.54) is 17.4 Å². The van der Waals surface area contributed by atoms with E-state index in [4.69, 9.17) is 16.6 Å². The number of thioether (sulfide) groups is 1. The van der Waals surface area contributed by atoms with Crippen molar-refractivity contribution in [3.8, 4) is 11.3 Å². The molecule has 0 saturated carbocycles. The van der Waals surface area contributed by atoms with Gasteiger partial charge < -0.3 is 9.47 Å². The number of hydrogen-bond acceptors (Lipinski definition) is 6. The summed E-state index contributed by atoms with van der Waals surface area (Å²) in [7, 11) is 0. The van der Waals surface area contributed by atoms with E-state index in [2.05, 4.69) is 9.97 Å². The second-order valence-corrected chi connectivity index (χ2v) is 13.4. The van der Waals surface area contributed by atoms with Crippen molar-refractivity contribution in [1.29, 1.82) is 0 Å².